The van der Waals surface area contributed by atoms with Crippen molar-refractivity contribution in [2.24, 2.45) is 0 Å². The zero-order valence-electron chi connectivity index (χ0n) is 16.0. The van der Waals surface area contributed by atoms with Crippen LogP contribution in [0.25, 0.3) is 0 Å². The lowest BCUT2D eigenvalue weighted by Gasteiger charge is -2.42. The van der Waals surface area contributed by atoms with E-state index in [0.717, 1.165) is 6.07 Å². The molecule has 0 spiro atoms. The molecule has 10 heteroatoms. The molecule has 154 valence electrons. The first kappa shape index (κ1) is 20.7. The average molecular weight is 412 g/mol. The van der Waals surface area contributed by atoms with Crippen LogP contribution in [-0.4, -0.2) is 85.7 Å². The number of halogens is 1. The fourth-order valence-corrected chi connectivity index (χ4v) is 4.89. The Morgan fingerprint density at radius 1 is 1.18 bits per heavy atom. The number of carbonyl (C=O) groups is 2. The largest absolute Gasteiger partial charge is 0.353 e. The van der Waals surface area contributed by atoms with Crippen molar-refractivity contribution in [3.63, 3.8) is 0 Å². The second-order valence-corrected chi connectivity index (χ2v) is 9.42. The summed E-state index contributed by atoms with van der Waals surface area (Å²) >= 11 is 0. The number of benzene rings is 1. The average Bonchev–Trinajstić information content (AvgIpc) is 2.66. The van der Waals surface area contributed by atoms with Crippen LogP contribution < -0.4 is 5.32 Å². The van der Waals surface area contributed by atoms with Gasteiger partial charge in [-0.15, -0.1) is 0 Å². The van der Waals surface area contributed by atoms with Crippen LogP contribution in [0.15, 0.2) is 29.2 Å². The molecule has 0 radical (unpaired) electrons. The van der Waals surface area contributed by atoms with Crippen molar-refractivity contribution in [3.05, 3.63) is 30.1 Å². The Morgan fingerprint density at radius 3 is 2.50 bits per heavy atom. The van der Waals surface area contributed by atoms with E-state index in [1.807, 2.05) is 4.90 Å². The quantitative estimate of drug-likeness (QED) is 0.744. The zero-order chi connectivity index (χ0) is 20.5. The number of piperazine rings is 2. The molecule has 1 aromatic carbocycles. The maximum atomic E-state index is 13.4. The van der Waals surface area contributed by atoms with Gasteiger partial charge >= 0.3 is 0 Å². The predicted molar refractivity (Wildman–Crippen MR) is 100 cm³/mol. The number of amides is 2. The fourth-order valence-electron chi connectivity index (χ4n) is 3.44. The van der Waals surface area contributed by atoms with Crippen molar-refractivity contribution in [2.75, 3.05) is 45.8 Å². The fraction of sp³-hybridized carbons (Fsp3) is 0.556. The van der Waals surface area contributed by atoms with Crippen LogP contribution in [0.1, 0.15) is 13.8 Å². The highest BCUT2D eigenvalue weighted by molar-refractivity contribution is 7.89. The molecular weight excluding hydrogens is 387 g/mol. The molecule has 2 amide bonds. The highest BCUT2D eigenvalue weighted by Gasteiger charge is 2.39. The smallest absolute Gasteiger partial charge is 0.243 e. The lowest BCUT2D eigenvalue weighted by atomic mass is 9.99. The Morgan fingerprint density at radius 2 is 1.86 bits per heavy atom. The van der Waals surface area contributed by atoms with Crippen molar-refractivity contribution in [2.45, 2.75) is 24.3 Å². The molecule has 0 aromatic heterocycles. The van der Waals surface area contributed by atoms with Gasteiger partial charge in [0.25, 0.3) is 0 Å². The SMILES string of the molecule is CC1(C)C(=O)NCCN1CC(=O)N1CCN(S(=O)(=O)c2cccc(F)c2)CC1. The Balaban J connectivity index is 1.60. The van der Waals surface area contributed by atoms with Crippen molar-refractivity contribution in [1.29, 1.82) is 0 Å². The summed E-state index contributed by atoms with van der Waals surface area (Å²) in [5, 5.41) is 2.79. The summed E-state index contributed by atoms with van der Waals surface area (Å²) in [5.74, 6) is -0.855. The van der Waals surface area contributed by atoms with Crippen molar-refractivity contribution in [1.82, 2.24) is 19.4 Å². The van der Waals surface area contributed by atoms with Crippen LogP contribution in [0.5, 0.6) is 0 Å². The summed E-state index contributed by atoms with van der Waals surface area (Å²) in [5.41, 5.74) is -0.767. The topological polar surface area (TPSA) is 90.0 Å². The van der Waals surface area contributed by atoms with Crippen LogP contribution in [0, 0.1) is 5.82 Å². The van der Waals surface area contributed by atoms with Gasteiger partial charge in [0, 0.05) is 39.3 Å². The third-order valence-corrected chi connectivity index (χ3v) is 7.26. The van der Waals surface area contributed by atoms with E-state index in [2.05, 4.69) is 5.32 Å². The Kier molecular flexibility index (Phi) is 5.74. The van der Waals surface area contributed by atoms with Gasteiger partial charge < -0.3 is 10.2 Å². The first-order chi connectivity index (χ1) is 13.1. The number of carbonyl (C=O) groups excluding carboxylic acids is 2. The molecule has 1 N–H and O–H groups in total. The molecule has 2 heterocycles. The first-order valence-corrected chi connectivity index (χ1v) is 10.6. The van der Waals surface area contributed by atoms with Crippen LogP contribution in [0.4, 0.5) is 4.39 Å². The van der Waals surface area contributed by atoms with Gasteiger partial charge in [0.2, 0.25) is 21.8 Å². The lowest BCUT2D eigenvalue weighted by molar-refractivity contribution is -0.141. The van der Waals surface area contributed by atoms with Crippen LogP contribution in [0.3, 0.4) is 0 Å². The number of hydrogen-bond donors (Lipinski definition) is 1. The van der Waals surface area contributed by atoms with Crippen LogP contribution in [-0.2, 0) is 19.6 Å². The molecule has 0 unspecified atom stereocenters. The molecule has 0 aliphatic carbocycles. The summed E-state index contributed by atoms with van der Waals surface area (Å²) in [4.78, 5) is 28.0. The van der Waals surface area contributed by atoms with Gasteiger partial charge in [-0.2, -0.15) is 4.31 Å². The summed E-state index contributed by atoms with van der Waals surface area (Å²) in [6.07, 6.45) is 0. The molecule has 28 heavy (non-hydrogen) atoms. The van der Waals surface area contributed by atoms with E-state index >= 15 is 0 Å². The number of sulfonamides is 1. The third kappa shape index (κ3) is 4.03. The van der Waals surface area contributed by atoms with Gasteiger partial charge in [-0.1, -0.05) is 6.07 Å². The van der Waals surface area contributed by atoms with Gasteiger partial charge in [-0.3, -0.25) is 14.5 Å². The first-order valence-electron chi connectivity index (χ1n) is 9.19. The predicted octanol–water partition coefficient (Wildman–Crippen LogP) is -0.131. The second kappa shape index (κ2) is 7.76. The summed E-state index contributed by atoms with van der Waals surface area (Å²) in [7, 11) is -3.79. The maximum absolute atomic E-state index is 13.4. The Labute approximate surface area is 164 Å². The molecule has 2 saturated heterocycles. The molecule has 8 nitrogen and oxygen atoms in total. The van der Waals surface area contributed by atoms with E-state index in [4.69, 9.17) is 0 Å². The molecular formula is C18H25FN4O4S. The molecule has 2 fully saturated rings. The van der Waals surface area contributed by atoms with Gasteiger partial charge in [0.05, 0.1) is 17.0 Å². The molecule has 0 saturated carbocycles. The van der Waals surface area contributed by atoms with Gasteiger partial charge in [0.15, 0.2) is 0 Å². The standard InChI is InChI=1S/C18H25FN4O4S/c1-18(2)17(25)20-6-7-22(18)13-16(24)21-8-10-23(11-9-21)28(26,27)15-5-3-4-14(19)12-15/h3-5,12H,6-11,13H2,1-2H3,(H,20,25). The van der Waals surface area contributed by atoms with E-state index < -0.39 is 21.4 Å². The second-order valence-electron chi connectivity index (χ2n) is 7.48. The van der Waals surface area contributed by atoms with E-state index in [1.54, 1.807) is 18.7 Å². The summed E-state index contributed by atoms with van der Waals surface area (Å²) in [6.45, 7) is 5.55. The highest BCUT2D eigenvalue weighted by Crippen LogP contribution is 2.20. The lowest BCUT2D eigenvalue weighted by Crippen LogP contribution is -2.64. The van der Waals surface area contributed by atoms with E-state index in [0.29, 0.717) is 13.1 Å². The maximum Gasteiger partial charge on any atom is 0.243 e. The molecule has 0 atom stereocenters. The van der Waals surface area contributed by atoms with Crippen molar-refractivity contribution < 1.29 is 22.4 Å². The molecule has 1 aromatic rings. The Hall–Kier alpha value is -2.04. The van der Waals surface area contributed by atoms with E-state index in [1.165, 1.54) is 22.5 Å². The molecule has 0 bridgehead atoms. The third-order valence-electron chi connectivity index (χ3n) is 5.36. The van der Waals surface area contributed by atoms with E-state index in [9.17, 15) is 22.4 Å². The minimum absolute atomic E-state index is 0.0895. The minimum atomic E-state index is -3.79. The zero-order valence-corrected chi connectivity index (χ0v) is 16.8. The summed E-state index contributed by atoms with van der Waals surface area (Å²) in [6, 6.07) is 4.91. The van der Waals surface area contributed by atoms with Crippen molar-refractivity contribution in [3.8, 4) is 0 Å². The highest BCUT2D eigenvalue weighted by atomic mass is 32.2. The number of nitrogens with zero attached hydrogens (tertiary/aromatic N) is 3. The molecule has 2 aliphatic heterocycles. The van der Waals surface area contributed by atoms with Crippen LogP contribution >= 0.6 is 0 Å². The molecule has 3 rings (SSSR count). The number of rotatable bonds is 4. The van der Waals surface area contributed by atoms with Crippen molar-refractivity contribution >= 4 is 21.8 Å². The number of hydrogen-bond acceptors (Lipinski definition) is 5. The Bertz CT molecular complexity index is 866. The van der Waals surface area contributed by atoms with Gasteiger partial charge in [0.1, 0.15) is 5.82 Å². The van der Waals surface area contributed by atoms with E-state index in [-0.39, 0.29) is 49.4 Å². The van der Waals surface area contributed by atoms with Crippen LogP contribution in [0.2, 0.25) is 0 Å². The minimum Gasteiger partial charge on any atom is -0.353 e. The van der Waals surface area contributed by atoms with Gasteiger partial charge in [-0.05, 0) is 32.0 Å². The number of nitrogens with one attached hydrogen (secondary N) is 1. The monoisotopic (exact) mass is 412 g/mol. The normalized spacial score (nSPS) is 21.4. The van der Waals surface area contributed by atoms with Gasteiger partial charge in [-0.25, -0.2) is 12.8 Å². The summed E-state index contributed by atoms with van der Waals surface area (Å²) < 4.78 is 40.0. The molecule has 2 aliphatic rings.